The Hall–Kier alpha value is -0.790. The fraction of sp³-hybridized carbons (Fsp3) is 0.833. The van der Waals surface area contributed by atoms with Crippen molar-refractivity contribution < 1.29 is 9.53 Å². The Balaban J connectivity index is 4.18. The van der Waals surface area contributed by atoms with Gasteiger partial charge in [0, 0.05) is 0 Å². The van der Waals surface area contributed by atoms with Gasteiger partial charge in [0.25, 0.3) is 0 Å². The maximum atomic E-state index is 12.2. The van der Waals surface area contributed by atoms with Crippen LogP contribution in [0.25, 0.3) is 0 Å². The number of allylic oxidation sites excluding steroid dienone is 1. The second kappa shape index (κ2) is 10.9. The van der Waals surface area contributed by atoms with Crippen LogP contribution >= 0.6 is 0 Å². The minimum absolute atomic E-state index is 0.0166. The highest BCUT2D eigenvalue weighted by Gasteiger charge is 2.24. The van der Waals surface area contributed by atoms with E-state index < -0.39 is 0 Å². The molecule has 1 atom stereocenters. The Morgan fingerprint density at radius 2 is 1.70 bits per heavy atom. The lowest BCUT2D eigenvalue weighted by Gasteiger charge is -2.24. The average Bonchev–Trinajstić information content (AvgIpc) is 2.34. The highest BCUT2D eigenvalue weighted by atomic mass is 16.6. The minimum atomic E-state index is -0.379. The highest BCUT2D eigenvalue weighted by molar-refractivity contribution is 5.72. The second-order valence-corrected chi connectivity index (χ2v) is 6.65. The number of hydrogen-bond acceptors (Lipinski definition) is 2. The standard InChI is InChI=1S/C18H34O2/c1-6-8-10-11-13-15-16(14-12-9-7-2)17(19)20-18(3,4)5/h7,16H,2,6,8-15H2,1,3-5H3. The van der Waals surface area contributed by atoms with E-state index in [1.165, 1.54) is 25.7 Å². The molecule has 1 unspecified atom stereocenters. The molecule has 2 heteroatoms. The summed E-state index contributed by atoms with van der Waals surface area (Å²) in [4.78, 5) is 12.2. The summed E-state index contributed by atoms with van der Waals surface area (Å²) in [5.41, 5.74) is -0.379. The van der Waals surface area contributed by atoms with Gasteiger partial charge in [0.2, 0.25) is 0 Å². The third-order valence-corrected chi connectivity index (χ3v) is 3.36. The first-order valence-corrected chi connectivity index (χ1v) is 8.24. The molecule has 2 nitrogen and oxygen atoms in total. The fourth-order valence-electron chi connectivity index (χ4n) is 2.27. The number of carbonyl (C=O) groups excluding carboxylic acids is 1. The number of rotatable bonds is 11. The van der Waals surface area contributed by atoms with Crippen LogP contribution in [0.15, 0.2) is 12.7 Å². The van der Waals surface area contributed by atoms with E-state index >= 15 is 0 Å². The monoisotopic (exact) mass is 282 g/mol. The van der Waals surface area contributed by atoms with E-state index in [0.717, 1.165) is 32.1 Å². The molecule has 0 fully saturated rings. The van der Waals surface area contributed by atoms with Crippen molar-refractivity contribution in [1.29, 1.82) is 0 Å². The zero-order valence-corrected chi connectivity index (χ0v) is 14.0. The van der Waals surface area contributed by atoms with Gasteiger partial charge in [0.15, 0.2) is 0 Å². The van der Waals surface area contributed by atoms with Crippen LogP contribution in [0.1, 0.15) is 85.5 Å². The molecule has 118 valence electrons. The van der Waals surface area contributed by atoms with Gasteiger partial charge in [-0.1, -0.05) is 45.1 Å². The molecule has 0 spiro atoms. The molecule has 0 amide bonds. The molecule has 0 aromatic carbocycles. The van der Waals surface area contributed by atoms with Crippen molar-refractivity contribution in [1.82, 2.24) is 0 Å². The third-order valence-electron chi connectivity index (χ3n) is 3.36. The van der Waals surface area contributed by atoms with Crippen LogP contribution in [0.4, 0.5) is 0 Å². The van der Waals surface area contributed by atoms with E-state index in [-0.39, 0.29) is 17.5 Å². The van der Waals surface area contributed by atoms with Crippen LogP contribution in [0.2, 0.25) is 0 Å². The Bertz CT molecular complexity index is 263. The predicted octanol–water partition coefficient (Wildman–Crippen LogP) is 5.66. The normalized spacial score (nSPS) is 13.0. The number of unbranched alkanes of at least 4 members (excludes halogenated alkanes) is 5. The zero-order valence-electron chi connectivity index (χ0n) is 14.0. The van der Waals surface area contributed by atoms with Gasteiger partial charge in [-0.25, -0.2) is 0 Å². The topological polar surface area (TPSA) is 26.3 Å². The molecule has 0 aliphatic heterocycles. The van der Waals surface area contributed by atoms with Crippen molar-refractivity contribution in [2.24, 2.45) is 5.92 Å². The van der Waals surface area contributed by atoms with Gasteiger partial charge in [0.1, 0.15) is 5.60 Å². The smallest absolute Gasteiger partial charge is 0.309 e. The molecule has 0 aromatic heterocycles. The molecule has 0 saturated heterocycles. The van der Waals surface area contributed by atoms with Gasteiger partial charge in [-0.15, -0.1) is 6.58 Å². The highest BCUT2D eigenvalue weighted by Crippen LogP contribution is 2.22. The van der Waals surface area contributed by atoms with E-state index in [4.69, 9.17) is 4.74 Å². The quantitative estimate of drug-likeness (QED) is 0.277. The van der Waals surface area contributed by atoms with Crippen molar-refractivity contribution >= 4 is 5.97 Å². The summed E-state index contributed by atoms with van der Waals surface area (Å²) in [5, 5.41) is 0. The number of hydrogen-bond donors (Lipinski definition) is 0. The average molecular weight is 282 g/mol. The molecular formula is C18H34O2. The molecule has 0 bridgehead atoms. The van der Waals surface area contributed by atoms with Crippen molar-refractivity contribution in [3.63, 3.8) is 0 Å². The SMILES string of the molecule is C=CCCCC(CCCCCCC)C(=O)OC(C)(C)C. The van der Waals surface area contributed by atoms with E-state index in [2.05, 4.69) is 13.5 Å². The van der Waals surface area contributed by atoms with Gasteiger partial charge in [-0.3, -0.25) is 4.79 Å². The Kier molecular flexibility index (Phi) is 10.5. The van der Waals surface area contributed by atoms with E-state index in [9.17, 15) is 4.79 Å². The lowest BCUT2D eigenvalue weighted by molar-refractivity contribution is -0.160. The first-order valence-electron chi connectivity index (χ1n) is 8.24. The Morgan fingerprint density at radius 1 is 1.10 bits per heavy atom. The first kappa shape index (κ1) is 19.2. The van der Waals surface area contributed by atoms with Crippen molar-refractivity contribution in [2.45, 2.75) is 91.1 Å². The molecule has 0 aromatic rings. The van der Waals surface area contributed by atoms with Crippen molar-refractivity contribution in [3.05, 3.63) is 12.7 Å². The fourth-order valence-corrected chi connectivity index (χ4v) is 2.27. The van der Waals surface area contributed by atoms with Crippen LogP contribution in [0, 0.1) is 5.92 Å². The third kappa shape index (κ3) is 11.1. The number of esters is 1. The maximum Gasteiger partial charge on any atom is 0.309 e. The minimum Gasteiger partial charge on any atom is -0.460 e. The molecule has 0 aliphatic rings. The summed E-state index contributed by atoms with van der Waals surface area (Å²) < 4.78 is 5.54. The van der Waals surface area contributed by atoms with E-state index in [1.54, 1.807) is 0 Å². The lowest BCUT2D eigenvalue weighted by atomic mass is 9.94. The molecule has 0 heterocycles. The largest absolute Gasteiger partial charge is 0.460 e. The second-order valence-electron chi connectivity index (χ2n) is 6.65. The molecule has 0 N–H and O–H groups in total. The van der Waals surface area contributed by atoms with Gasteiger partial charge in [-0.05, 0) is 46.5 Å². The summed E-state index contributed by atoms with van der Waals surface area (Å²) in [6, 6.07) is 0. The summed E-state index contributed by atoms with van der Waals surface area (Å²) in [5.74, 6) is 0.0489. The van der Waals surface area contributed by atoms with E-state index in [1.807, 2.05) is 26.8 Å². The molecule has 20 heavy (non-hydrogen) atoms. The first-order chi connectivity index (χ1) is 9.40. The molecule has 0 saturated carbocycles. The Morgan fingerprint density at radius 3 is 2.25 bits per heavy atom. The van der Waals surface area contributed by atoms with Gasteiger partial charge in [-0.2, -0.15) is 0 Å². The van der Waals surface area contributed by atoms with Crippen LogP contribution in [-0.2, 0) is 9.53 Å². The van der Waals surface area contributed by atoms with Gasteiger partial charge >= 0.3 is 5.97 Å². The summed E-state index contributed by atoms with van der Waals surface area (Å²) in [6.07, 6.45) is 12.0. The van der Waals surface area contributed by atoms with Crippen LogP contribution in [0.3, 0.4) is 0 Å². The number of ether oxygens (including phenoxy) is 1. The molecule has 0 aliphatic carbocycles. The van der Waals surface area contributed by atoms with Crippen molar-refractivity contribution in [3.8, 4) is 0 Å². The number of carbonyl (C=O) groups is 1. The van der Waals surface area contributed by atoms with Gasteiger partial charge < -0.3 is 4.74 Å². The summed E-state index contributed by atoms with van der Waals surface area (Å²) in [7, 11) is 0. The molecular weight excluding hydrogens is 248 g/mol. The Labute approximate surface area is 126 Å². The molecule has 0 rings (SSSR count). The molecule has 0 radical (unpaired) electrons. The maximum absolute atomic E-state index is 12.2. The summed E-state index contributed by atoms with van der Waals surface area (Å²) in [6.45, 7) is 11.8. The lowest BCUT2D eigenvalue weighted by Crippen LogP contribution is -2.28. The van der Waals surface area contributed by atoms with Crippen LogP contribution < -0.4 is 0 Å². The van der Waals surface area contributed by atoms with Crippen LogP contribution in [-0.4, -0.2) is 11.6 Å². The van der Waals surface area contributed by atoms with E-state index in [0.29, 0.717) is 0 Å². The zero-order chi connectivity index (χ0) is 15.4. The van der Waals surface area contributed by atoms with Crippen LogP contribution in [0.5, 0.6) is 0 Å². The van der Waals surface area contributed by atoms with Gasteiger partial charge in [0.05, 0.1) is 5.92 Å². The predicted molar refractivity (Wildman–Crippen MR) is 86.8 cm³/mol. The van der Waals surface area contributed by atoms with Crippen molar-refractivity contribution in [2.75, 3.05) is 0 Å². The summed E-state index contributed by atoms with van der Waals surface area (Å²) >= 11 is 0.